The average Bonchev–Trinajstić information content (AvgIpc) is 2.50. The Kier molecular flexibility index (Phi) is 5.50. The van der Waals surface area contributed by atoms with Gasteiger partial charge in [-0.15, -0.1) is 0 Å². The Hall–Kier alpha value is -2.21. The van der Waals surface area contributed by atoms with E-state index in [1.54, 1.807) is 24.3 Å². The van der Waals surface area contributed by atoms with Gasteiger partial charge < -0.3 is 10.1 Å². The van der Waals surface area contributed by atoms with Crippen molar-refractivity contribution in [3.63, 3.8) is 0 Å². The smallest absolute Gasteiger partial charge is 0.416 e. The summed E-state index contributed by atoms with van der Waals surface area (Å²) < 4.78 is 43.0. The molecule has 0 saturated carbocycles. The molecule has 3 nitrogen and oxygen atoms in total. The fourth-order valence-electron chi connectivity index (χ4n) is 1.81. The van der Waals surface area contributed by atoms with Crippen LogP contribution in [0.3, 0.4) is 0 Å². The van der Waals surface area contributed by atoms with E-state index in [9.17, 15) is 18.0 Å². The van der Waals surface area contributed by atoms with Gasteiger partial charge in [0.25, 0.3) is 5.91 Å². The molecule has 0 atom stereocenters. The molecule has 1 N–H and O–H groups in total. The Balaban J connectivity index is 1.85. The molecule has 0 fully saturated rings. The Bertz CT molecular complexity index is 689. The van der Waals surface area contributed by atoms with Crippen LogP contribution in [-0.2, 0) is 17.5 Å². The van der Waals surface area contributed by atoms with Crippen LogP contribution in [0, 0.1) is 0 Å². The van der Waals surface area contributed by atoms with Gasteiger partial charge in [-0.25, -0.2) is 0 Å². The van der Waals surface area contributed by atoms with Crippen LogP contribution in [0.2, 0.25) is 5.02 Å². The maximum absolute atomic E-state index is 12.6. The van der Waals surface area contributed by atoms with E-state index in [0.717, 1.165) is 12.1 Å². The third-order valence-electron chi connectivity index (χ3n) is 2.91. The average molecular weight is 344 g/mol. The molecule has 0 aromatic heterocycles. The third-order valence-corrected chi connectivity index (χ3v) is 3.15. The van der Waals surface area contributed by atoms with Gasteiger partial charge in [0.2, 0.25) is 0 Å². The number of carbonyl (C=O) groups is 1. The Labute approximate surface area is 136 Å². The van der Waals surface area contributed by atoms with E-state index in [4.69, 9.17) is 16.3 Å². The van der Waals surface area contributed by atoms with Crippen molar-refractivity contribution >= 4 is 17.5 Å². The first-order chi connectivity index (χ1) is 10.8. The van der Waals surface area contributed by atoms with Crippen LogP contribution in [0.5, 0.6) is 5.75 Å². The van der Waals surface area contributed by atoms with Crippen molar-refractivity contribution in [1.82, 2.24) is 5.32 Å². The molecule has 0 aliphatic heterocycles. The first kappa shape index (κ1) is 17.1. The maximum atomic E-state index is 12.6. The number of halogens is 4. The van der Waals surface area contributed by atoms with E-state index in [1.165, 1.54) is 12.1 Å². The van der Waals surface area contributed by atoms with Crippen LogP contribution in [0.15, 0.2) is 48.5 Å². The lowest BCUT2D eigenvalue weighted by atomic mass is 10.1. The standard InChI is InChI=1S/C16H13ClF3NO2/c17-13-5-2-6-14(8-13)23-10-15(22)21-9-11-3-1-4-12(7-11)16(18,19)20/h1-8H,9-10H2,(H,21,22). The molecule has 0 spiro atoms. The minimum absolute atomic E-state index is 0.0122. The molecule has 0 heterocycles. The minimum atomic E-state index is -4.41. The zero-order valence-corrected chi connectivity index (χ0v) is 12.6. The highest BCUT2D eigenvalue weighted by Gasteiger charge is 2.30. The summed E-state index contributed by atoms with van der Waals surface area (Å²) in [5.74, 6) is -0.00546. The summed E-state index contributed by atoms with van der Waals surface area (Å²) in [6, 6.07) is 11.3. The SMILES string of the molecule is O=C(COc1cccc(Cl)c1)NCc1cccc(C(F)(F)F)c1. The van der Waals surface area contributed by atoms with Crippen LogP contribution in [-0.4, -0.2) is 12.5 Å². The summed E-state index contributed by atoms with van der Waals surface area (Å²) >= 11 is 5.78. The van der Waals surface area contributed by atoms with Gasteiger partial charge in [-0.1, -0.05) is 29.8 Å². The number of amides is 1. The Morgan fingerprint density at radius 1 is 1.13 bits per heavy atom. The molecule has 0 radical (unpaired) electrons. The van der Waals surface area contributed by atoms with Crippen molar-refractivity contribution in [1.29, 1.82) is 0 Å². The molecule has 2 rings (SSSR count). The normalized spacial score (nSPS) is 11.1. The predicted octanol–water partition coefficient (Wildman–Crippen LogP) is 4.05. The third kappa shape index (κ3) is 5.49. The molecule has 7 heteroatoms. The number of ether oxygens (including phenoxy) is 1. The summed E-state index contributed by atoms with van der Waals surface area (Å²) in [6.07, 6.45) is -4.41. The number of hydrogen-bond donors (Lipinski definition) is 1. The second-order valence-corrected chi connectivity index (χ2v) is 5.16. The summed E-state index contributed by atoms with van der Waals surface area (Å²) in [6.45, 7) is -0.263. The zero-order chi connectivity index (χ0) is 16.9. The lowest BCUT2D eigenvalue weighted by Gasteiger charge is -2.10. The van der Waals surface area contributed by atoms with Crippen LogP contribution < -0.4 is 10.1 Å². The molecular weight excluding hydrogens is 331 g/mol. The highest BCUT2D eigenvalue weighted by atomic mass is 35.5. The van der Waals surface area contributed by atoms with Crippen LogP contribution >= 0.6 is 11.6 Å². The van der Waals surface area contributed by atoms with E-state index in [2.05, 4.69) is 5.32 Å². The molecular formula is C16H13ClF3NO2. The topological polar surface area (TPSA) is 38.3 Å². The van der Waals surface area contributed by atoms with Crippen molar-refractivity contribution in [2.24, 2.45) is 0 Å². The van der Waals surface area contributed by atoms with E-state index < -0.39 is 17.6 Å². The molecule has 122 valence electrons. The van der Waals surface area contributed by atoms with Crippen LogP contribution in [0.25, 0.3) is 0 Å². The minimum Gasteiger partial charge on any atom is -0.484 e. The fraction of sp³-hybridized carbons (Fsp3) is 0.188. The van der Waals surface area contributed by atoms with Gasteiger partial charge in [0.05, 0.1) is 5.56 Å². The molecule has 0 saturated heterocycles. The molecule has 0 unspecified atom stereocenters. The van der Waals surface area contributed by atoms with Crippen molar-refractivity contribution in [3.8, 4) is 5.75 Å². The van der Waals surface area contributed by atoms with Crippen molar-refractivity contribution < 1.29 is 22.7 Å². The van der Waals surface area contributed by atoms with Crippen LogP contribution in [0.4, 0.5) is 13.2 Å². The van der Waals surface area contributed by atoms with Gasteiger partial charge >= 0.3 is 6.18 Å². The van der Waals surface area contributed by atoms with Gasteiger partial charge in [0, 0.05) is 11.6 Å². The Morgan fingerprint density at radius 3 is 2.57 bits per heavy atom. The Morgan fingerprint density at radius 2 is 1.87 bits per heavy atom. The van der Waals surface area contributed by atoms with Gasteiger partial charge in [-0.05, 0) is 35.9 Å². The van der Waals surface area contributed by atoms with Gasteiger partial charge in [0.1, 0.15) is 5.75 Å². The predicted molar refractivity (Wildman–Crippen MR) is 80.2 cm³/mol. The largest absolute Gasteiger partial charge is 0.484 e. The lowest BCUT2D eigenvalue weighted by Crippen LogP contribution is -2.28. The van der Waals surface area contributed by atoms with Gasteiger partial charge in [-0.3, -0.25) is 4.79 Å². The van der Waals surface area contributed by atoms with Crippen molar-refractivity contribution in [2.75, 3.05) is 6.61 Å². The van der Waals surface area contributed by atoms with Crippen molar-refractivity contribution in [3.05, 3.63) is 64.7 Å². The molecule has 0 aliphatic carbocycles. The van der Waals surface area contributed by atoms with E-state index >= 15 is 0 Å². The second kappa shape index (κ2) is 7.37. The lowest BCUT2D eigenvalue weighted by molar-refractivity contribution is -0.137. The number of carbonyl (C=O) groups excluding carboxylic acids is 1. The summed E-state index contributed by atoms with van der Waals surface area (Å²) in [5.41, 5.74) is -0.393. The van der Waals surface area contributed by atoms with Gasteiger partial charge in [0.15, 0.2) is 6.61 Å². The maximum Gasteiger partial charge on any atom is 0.416 e. The zero-order valence-electron chi connectivity index (χ0n) is 11.9. The quantitative estimate of drug-likeness (QED) is 0.889. The first-order valence-corrected chi connectivity index (χ1v) is 7.03. The summed E-state index contributed by atoms with van der Waals surface area (Å²) in [7, 11) is 0. The van der Waals surface area contributed by atoms with E-state index in [1.807, 2.05) is 0 Å². The fourth-order valence-corrected chi connectivity index (χ4v) is 2.00. The highest BCUT2D eigenvalue weighted by molar-refractivity contribution is 6.30. The van der Waals surface area contributed by atoms with E-state index in [-0.39, 0.29) is 13.2 Å². The number of rotatable bonds is 5. The summed E-state index contributed by atoms with van der Waals surface area (Å²) in [4.78, 5) is 11.7. The first-order valence-electron chi connectivity index (χ1n) is 6.66. The van der Waals surface area contributed by atoms with Crippen molar-refractivity contribution in [2.45, 2.75) is 12.7 Å². The molecule has 0 aliphatic rings. The number of nitrogens with one attached hydrogen (secondary N) is 1. The molecule has 0 bridgehead atoms. The second-order valence-electron chi connectivity index (χ2n) is 4.72. The molecule has 2 aromatic rings. The molecule has 1 amide bonds. The van der Waals surface area contributed by atoms with Crippen LogP contribution in [0.1, 0.15) is 11.1 Å². The summed E-state index contributed by atoms with van der Waals surface area (Å²) in [5, 5.41) is 2.98. The highest BCUT2D eigenvalue weighted by Crippen LogP contribution is 2.29. The molecule has 23 heavy (non-hydrogen) atoms. The number of benzene rings is 2. The molecule has 2 aromatic carbocycles. The monoisotopic (exact) mass is 343 g/mol. The number of alkyl halides is 3. The number of hydrogen-bond acceptors (Lipinski definition) is 2. The van der Waals surface area contributed by atoms with E-state index in [0.29, 0.717) is 16.3 Å². The van der Waals surface area contributed by atoms with Gasteiger partial charge in [-0.2, -0.15) is 13.2 Å².